The second-order valence-corrected chi connectivity index (χ2v) is 4.76. The Labute approximate surface area is 123 Å². The standard InChI is InChI=1S/C16H17N5/c1-2-12-5-7-14(8-6-12)21-16(15(10-17)19-20-21)13-4-3-9-18-11-13/h3-9,11H,2,10,17H2,1H3. The second-order valence-electron chi connectivity index (χ2n) is 4.76. The molecule has 21 heavy (non-hydrogen) atoms. The molecule has 0 unspecified atom stereocenters. The molecule has 2 aromatic heterocycles. The fraction of sp³-hybridized carbons (Fsp3) is 0.188. The Hall–Kier alpha value is -2.53. The van der Waals surface area contributed by atoms with Gasteiger partial charge in [0.05, 0.1) is 5.69 Å². The van der Waals surface area contributed by atoms with Crippen LogP contribution in [0.25, 0.3) is 16.9 Å². The van der Waals surface area contributed by atoms with Crippen LogP contribution in [0.2, 0.25) is 0 Å². The van der Waals surface area contributed by atoms with Gasteiger partial charge in [-0.15, -0.1) is 5.10 Å². The number of nitrogens with two attached hydrogens (primary N) is 1. The van der Waals surface area contributed by atoms with Gasteiger partial charge in [-0.3, -0.25) is 4.98 Å². The smallest absolute Gasteiger partial charge is 0.105 e. The second kappa shape index (κ2) is 5.85. The van der Waals surface area contributed by atoms with Crippen LogP contribution in [0, 0.1) is 0 Å². The Balaban J connectivity index is 2.12. The van der Waals surface area contributed by atoms with Crippen LogP contribution in [0.1, 0.15) is 18.2 Å². The number of hydrogen-bond donors (Lipinski definition) is 1. The number of pyridine rings is 1. The lowest BCUT2D eigenvalue weighted by Gasteiger charge is -2.08. The Bertz CT molecular complexity index is 716. The molecule has 1 aromatic carbocycles. The van der Waals surface area contributed by atoms with Crippen molar-refractivity contribution in [2.24, 2.45) is 5.73 Å². The van der Waals surface area contributed by atoms with Crippen LogP contribution >= 0.6 is 0 Å². The zero-order chi connectivity index (χ0) is 14.7. The minimum Gasteiger partial charge on any atom is -0.325 e. The number of nitrogens with zero attached hydrogens (tertiary/aromatic N) is 4. The van der Waals surface area contributed by atoms with E-state index in [1.807, 2.05) is 28.9 Å². The van der Waals surface area contributed by atoms with Gasteiger partial charge in [-0.2, -0.15) is 0 Å². The molecule has 0 bridgehead atoms. The third kappa shape index (κ3) is 2.55. The maximum Gasteiger partial charge on any atom is 0.105 e. The van der Waals surface area contributed by atoms with E-state index in [4.69, 9.17) is 5.73 Å². The highest BCUT2D eigenvalue weighted by Crippen LogP contribution is 2.24. The molecule has 5 heteroatoms. The van der Waals surface area contributed by atoms with Crippen molar-refractivity contribution in [3.8, 4) is 16.9 Å². The van der Waals surface area contributed by atoms with Gasteiger partial charge in [0.1, 0.15) is 11.4 Å². The Morgan fingerprint density at radius 1 is 1.14 bits per heavy atom. The molecule has 3 rings (SSSR count). The Kier molecular flexibility index (Phi) is 3.75. The van der Waals surface area contributed by atoms with E-state index >= 15 is 0 Å². The summed E-state index contributed by atoms with van der Waals surface area (Å²) >= 11 is 0. The van der Waals surface area contributed by atoms with Gasteiger partial charge in [0.25, 0.3) is 0 Å². The molecule has 0 fully saturated rings. The fourth-order valence-corrected chi connectivity index (χ4v) is 2.30. The first-order valence-electron chi connectivity index (χ1n) is 6.98. The summed E-state index contributed by atoms with van der Waals surface area (Å²) in [6.45, 7) is 2.48. The van der Waals surface area contributed by atoms with Gasteiger partial charge in [0, 0.05) is 24.5 Å². The van der Waals surface area contributed by atoms with Crippen molar-refractivity contribution < 1.29 is 0 Å². The number of rotatable bonds is 4. The predicted molar refractivity (Wildman–Crippen MR) is 81.9 cm³/mol. The van der Waals surface area contributed by atoms with Gasteiger partial charge in [0.15, 0.2) is 0 Å². The summed E-state index contributed by atoms with van der Waals surface area (Å²) in [5.41, 5.74) is 10.7. The molecule has 0 aliphatic carbocycles. The van der Waals surface area contributed by atoms with Gasteiger partial charge >= 0.3 is 0 Å². The zero-order valence-electron chi connectivity index (χ0n) is 11.9. The van der Waals surface area contributed by atoms with Crippen LogP contribution in [-0.4, -0.2) is 20.0 Å². The summed E-state index contributed by atoms with van der Waals surface area (Å²) in [5, 5.41) is 8.44. The molecule has 0 saturated carbocycles. The lowest BCUT2D eigenvalue weighted by atomic mass is 10.1. The van der Waals surface area contributed by atoms with E-state index in [0.29, 0.717) is 6.54 Å². The van der Waals surface area contributed by atoms with Crippen molar-refractivity contribution in [2.45, 2.75) is 19.9 Å². The van der Waals surface area contributed by atoms with Gasteiger partial charge < -0.3 is 5.73 Å². The summed E-state index contributed by atoms with van der Waals surface area (Å²) in [6, 6.07) is 12.2. The number of aryl methyl sites for hydroxylation is 1. The van der Waals surface area contributed by atoms with Crippen molar-refractivity contribution in [3.05, 3.63) is 60.0 Å². The Morgan fingerprint density at radius 3 is 2.57 bits per heavy atom. The quantitative estimate of drug-likeness (QED) is 0.796. The number of hydrogen-bond acceptors (Lipinski definition) is 4. The minimum atomic E-state index is 0.345. The van der Waals surface area contributed by atoms with Crippen LogP contribution in [0.15, 0.2) is 48.8 Å². The number of aromatic nitrogens is 4. The van der Waals surface area contributed by atoms with Crippen LogP contribution < -0.4 is 5.73 Å². The van der Waals surface area contributed by atoms with Crippen molar-refractivity contribution in [1.29, 1.82) is 0 Å². The molecule has 0 aliphatic rings. The van der Waals surface area contributed by atoms with E-state index in [0.717, 1.165) is 29.1 Å². The molecular formula is C16H17N5. The molecule has 0 spiro atoms. The molecule has 106 valence electrons. The molecule has 0 saturated heterocycles. The van der Waals surface area contributed by atoms with Gasteiger partial charge in [0.2, 0.25) is 0 Å². The maximum absolute atomic E-state index is 5.79. The van der Waals surface area contributed by atoms with Crippen LogP contribution in [0.5, 0.6) is 0 Å². The van der Waals surface area contributed by atoms with Crippen LogP contribution in [0.4, 0.5) is 0 Å². The molecule has 5 nitrogen and oxygen atoms in total. The lowest BCUT2D eigenvalue weighted by Crippen LogP contribution is -2.03. The van der Waals surface area contributed by atoms with E-state index < -0.39 is 0 Å². The zero-order valence-corrected chi connectivity index (χ0v) is 11.9. The molecule has 0 aliphatic heterocycles. The first-order chi connectivity index (χ1) is 10.3. The SMILES string of the molecule is CCc1ccc(-n2nnc(CN)c2-c2cccnc2)cc1. The first kappa shape index (κ1) is 13.5. The highest BCUT2D eigenvalue weighted by atomic mass is 15.4. The molecule has 0 amide bonds. The van der Waals surface area contributed by atoms with Crippen molar-refractivity contribution in [1.82, 2.24) is 20.0 Å². The van der Waals surface area contributed by atoms with E-state index in [-0.39, 0.29) is 0 Å². The summed E-state index contributed by atoms with van der Waals surface area (Å²) in [7, 11) is 0. The average molecular weight is 279 g/mol. The first-order valence-corrected chi connectivity index (χ1v) is 6.98. The summed E-state index contributed by atoms with van der Waals surface area (Å²) < 4.78 is 1.82. The largest absolute Gasteiger partial charge is 0.325 e. The molecular weight excluding hydrogens is 262 g/mol. The molecule has 0 radical (unpaired) electrons. The highest BCUT2D eigenvalue weighted by Gasteiger charge is 2.15. The summed E-state index contributed by atoms with van der Waals surface area (Å²) in [5.74, 6) is 0. The van der Waals surface area contributed by atoms with E-state index in [9.17, 15) is 0 Å². The normalized spacial score (nSPS) is 10.8. The minimum absolute atomic E-state index is 0.345. The van der Waals surface area contributed by atoms with Crippen molar-refractivity contribution in [2.75, 3.05) is 0 Å². The third-order valence-corrected chi connectivity index (χ3v) is 3.46. The van der Waals surface area contributed by atoms with E-state index in [1.54, 1.807) is 12.4 Å². The molecule has 2 heterocycles. The van der Waals surface area contributed by atoms with Crippen molar-refractivity contribution in [3.63, 3.8) is 0 Å². The number of benzene rings is 1. The molecule has 2 N–H and O–H groups in total. The van der Waals surface area contributed by atoms with E-state index in [2.05, 4.69) is 34.4 Å². The third-order valence-electron chi connectivity index (χ3n) is 3.46. The fourth-order valence-electron chi connectivity index (χ4n) is 2.30. The summed E-state index contributed by atoms with van der Waals surface area (Å²) in [6.07, 6.45) is 4.56. The van der Waals surface area contributed by atoms with Crippen LogP contribution in [-0.2, 0) is 13.0 Å². The van der Waals surface area contributed by atoms with Gasteiger partial charge in [-0.25, -0.2) is 4.68 Å². The molecule has 3 aromatic rings. The Morgan fingerprint density at radius 2 is 1.95 bits per heavy atom. The van der Waals surface area contributed by atoms with Crippen molar-refractivity contribution >= 4 is 0 Å². The highest BCUT2D eigenvalue weighted by molar-refractivity contribution is 5.63. The lowest BCUT2D eigenvalue weighted by molar-refractivity contribution is 0.799. The topological polar surface area (TPSA) is 69.6 Å². The monoisotopic (exact) mass is 279 g/mol. The van der Waals surface area contributed by atoms with Gasteiger partial charge in [-0.1, -0.05) is 24.3 Å². The van der Waals surface area contributed by atoms with E-state index in [1.165, 1.54) is 5.56 Å². The summed E-state index contributed by atoms with van der Waals surface area (Å²) in [4.78, 5) is 4.17. The maximum atomic E-state index is 5.79. The van der Waals surface area contributed by atoms with Gasteiger partial charge in [-0.05, 0) is 36.2 Å². The van der Waals surface area contributed by atoms with Crippen LogP contribution in [0.3, 0.4) is 0 Å². The molecule has 0 atom stereocenters. The average Bonchev–Trinajstić information content (AvgIpc) is 2.99. The predicted octanol–water partition coefficient (Wildman–Crippen LogP) is 2.35.